The molecular weight excluding hydrogens is 1370 g/mol. The number of rotatable bonds is 12. The summed E-state index contributed by atoms with van der Waals surface area (Å²) in [6, 6.07) is 8.54. The fraction of sp³-hybridized carbons (Fsp3) is 0.600. The standard InChI is InChI=1S/3C13H13NO4.3C12H11NO4/c1-6(2)11(15)17-10-7-4-8-9(5-7)13(10,14-3)18-12(8)16;1-6(2)11(15)17-9-7-3-8-10(9)18-12(16)13(8,4-7)5-14;1-5(2)12(15)17-10-6-3-7-9(8(6)4-14)13(16)18-11(7)10;1-3-9(14)16-10-6-4-7-8(5-6)12(10,13-2)17-11(7)15;1-2-8(14)16-9-6-3-7-10(9)17-11(15)12(7,4-6)5-13;1-2-8(14)16-10-5-3-6-9(7(5)4-13)12(15)17-11(6)10/h7-10H,1,4-5H2,2H3;7-10H,1,3-4H2,2H3;6-11H,1,3H2,2H3;3,6-8,10H,1,4-5H2;2,6-7,9-10H,1,3-4H2;2,5-7,9-11H,1,3H2. The molecule has 12 aliphatic carbocycles. The summed E-state index contributed by atoms with van der Waals surface area (Å²) in [5, 5.41) is 36.7. The summed E-state index contributed by atoms with van der Waals surface area (Å²) in [5.74, 6) is -7.27. The first-order valence-corrected chi connectivity index (χ1v) is 34.7. The molecule has 6 saturated heterocycles. The molecule has 32 unspecified atom stereocenters. The van der Waals surface area contributed by atoms with Gasteiger partial charge in [-0.3, -0.25) is 38.5 Å². The monoisotopic (exact) mass is 1440 g/mol. The van der Waals surface area contributed by atoms with Crippen LogP contribution in [0.1, 0.15) is 85.0 Å². The van der Waals surface area contributed by atoms with Crippen LogP contribution in [0.4, 0.5) is 0 Å². The summed E-state index contributed by atoms with van der Waals surface area (Å²) in [5.41, 5.74) is -3.56. The third-order valence-corrected chi connectivity index (χ3v) is 25.4. The van der Waals surface area contributed by atoms with Crippen LogP contribution in [0.15, 0.2) is 74.4 Å². The summed E-state index contributed by atoms with van der Waals surface area (Å²) in [7, 11) is 0. The third kappa shape index (κ3) is 10.8. The van der Waals surface area contributed by atoms with Gasteiger partial charge in [0, 0.05) is 94.1 Å². The van der Waals surface area contributed by atoms with Crippen LogP contribution < -0.4 is 0 Å². The Morgan fingerprint density at radius 1 is 0.448 bits per heavy atom. The second-order valence-corrected chi connectivity index (χ2v) is 30.4. The molecule has 0 spiro atoms. The van der Waals surface area contributed by atoms with E-state index in [4.69, 9.17) is 75.2 Å². The van der Waals surface area contributed by atoms with Crippen LogP contribution in [0.5, 0.6) is 0 Å². The van der Waals surface area contributed by atoms with E-state index in [1.54, 1.807) is 20.8 Å². The largest absolute Gasteiger partial charge is 0.458 e. The minimum atomic E-state index is -1.27. The van der Waals surface area contributed by atoms with Gasteiger partial charge in [0.25, 0.3) is 0 Å². The summed E-state index contributed by atoms with van der Waals surface area (Å²) < 4.78 is 63.2. The molecule has 12 saturated carbocycles. The molecule has 6 heterocycles. The lowest BCUT2D eigenvalue weighted by molar-refractivity contribution is -0.167. The minimum Gasteiger partial charge on any atom is -0.458 e. The van der Waals surface area contributed by atoms with E-state index in [1.165, 1.54) is 0 Å². The molecule has 18 rings (SSSR count). The molecule has 30 nitrogen and oxygen atoms in total. The van der Waals surface area contributed by atoms with E-state index in [1.807, 2.05) is 0 Å². The highest BCUT2D eigenvalue weighted by Gasteiger charge is 2.81. The number of fused-ring (bicyclic) bond motifs is 6. The molecule has 32 atom stereocenters. The lowest BCUT2D eigenvalue weighted by Gasteiger charge is -2.27. The molecule has 105 heavy (non-hydrogen) atoms. The fourth-order valence-corrected chi connectivity index (χ4v) is 21.0. The molecule has 0 amide bonds. The SMILES string of the molecule is C=C(C)C(=O)OC1C2CC3C1OC(=O)C3(C#N)C2.C=C(C)C(=O)OC1C2CC3C1OC(=O)C3C2C#N.C=CC(=O)OC1C2CC3C1OC(=O)C3(C#N)C2.C=CC(=O)OC1C2CC3C1OC(=O)C3C2C#N.[C-]#[N+]C12OC(=O)C3CC(CC31)C2OC(=O)C(=C)C.[C-]#[N+]C12OC(=O)C3CC(CC31)C2OC(=O)C=C. The summed E-state index contributed by atoms with van der Waals surface area (Å²) in [4.78, 5) is 146. The zero-order chi connectivity index (χ0) is 75.7. The number of carbonyl (C=O) groups excluding carboxylic acids is 12. The molecule has 546 valence electrons. The van der Waals surface area contributed by atoms with Gasteiger partial charge in [0.2, 0.25) is 12.2 Å². The van der Waals surface area contributed by atoms with Gasteiger partial charge in [0.1, 0.15) is 48.8 Å². The highest BCUT2D eigenvalue weighted by Crippen LogP contribution is 2.67. The predicted molar refractivity (Wildman–Crippen MR) is 341 cm³/mol. The maximum absolute atomic E-state index is 11.8. The molecule has 0 N–H and O–H groups in total. The van der Waals surface area contributed by atoms with Crippen molar-refractivity contribution in [3.05, 3.63) is 97.3 Å². The topological polar surface area (TPSA) is 419 Å². The smallest absolute Gasteiger partial charge is 0.418 e. The molecule has 6 aliphatic heterocycles. The molecule has 0 aromatic heterocycles. The predicted octanol–water partition coefficient (Wildman–Crippen LogP) is 4.94. The number of carbonyl (C=O) groups is 12. The van der Waals surface area contributed by atoms with Gasteiger partial charge in [-0.05, 0) is 85.0 Å². The lowest BCUT2D eigenvalue weighted by Crippen LogP contribution is -2.46. The van der Waals surface area contributed by atoms with Crippen LogP contribution in [0.3, 0.4) is 0 Å². The van der Waals surface area contributed by atoms with Crippen molar-refractivity contribution in [1.82, 2.24) is 0 Å². The van der Waals surface area contributed by atoms with Gasteiger partial charge in [0.05, 0.1) is 71.6 Å². The highest BCUT2D eigenvalue weighted by molar-refractivity contribution is 5.90. The maximum Gasteiger partial charge on any atom is 0.418 e. The van der Waals surface area contributed by atoms with Crippen molar-refractivity contribution in [1.29, 1.82) is 21.0 Å². The van der Waals surface area contributed by atoms with Gasteiger partial charge in [-0.15, -0.1) is 0 Å². The quantitative estimate of drug-likeness (QED) is 0.108. The first kappa shape index (κ1) is 72.4. The number of nitriles is 4. The van der Waals surface area contributed by atoms with Gasteiger partial charge in [-0.25, -0.2) is 41.9 Å². The Kier molecular flexibility index (Phi) is 18.1. The molecule has 18 fully saturated rings. The van der Waals surface area contributed by atoms with E-state index < -0.39 is 119 Å². The second kappa shape index (κ2) is 26.3. The molecule has 0 aromatic carbocycles. The van der Waals surface area contributed by atoms with Crippen LogP contribution in [0, 0.1) is 176 Å². The minimum absolute atomic E-state index is 0.0371. The average Bonchev–Trinajstić information content (AvgIpc) is 1.56. The Morgan fingerprint density at radius 3 is 1.18 bits per heavy atom. The van der Waals surface area contributed by atoms with Gasteiger partial charge in [0.15, 0.2) is 10.8 Å². The number of esters is 12. The van der Waals surface area contributed by atoms with Crippen molar-refractivity contribution in [3.8, 4) is 24.3 Å². The fourth-order valence-electron chi connectivity index (χ4n) is 21.0. The van der Waals surface area contributed by atoms with Crippen LogP contribution in [-0.2, 0) is 114 Å². The van der Waals surface area contributed by atoms with Crippen LogP contribution in [-0.4, -0.2) is 144 Å². The number of hydrogen-bond donors (Lipinski definition) is 0. The van der Waals surface area contributed by atoms with Crippen LogP contribution in [0.25, 0.3) is 9.69 Å². The molecule has 30 heteroatoms. The van der Waals surface area contributed by atoms with Crippen molar-refractivity contribution in [2.24, 2.45) is 117 Å². The Bertz CT molecular complexity index is 4250. The zero-order valence-corrected chi connectivity index (χ0v) is 57.2. The van der Waals surface area contributed by atoms with Gasteiger partial charge in [-0.1, -0.05) is 39.5 Å². The van der Waals surface area contributed by atoms with Crippen molar-refractivity contribution < 1.29 is 114 Å². The van der Waals surface area contributed by atoms with E-state index in [9.17, 15) is 73.3 Å². The van der Waals surface area contributed by atoms with E-state index in [0.717, 1.165) is 56.8 Å². The number of hydrogen-bond acceptors (Lipinski definition) is 28. The van der Waals surface area contributed by atoms with E-state index >= 15 is 0 Å². The van der Waals surface area contributed by atoms with Gasteiger partial charge >= 0.3 is 83.1 Å². The number of nitrogens with zero attached hydrogens (tertiary/aromatic N) is 6. The summed E-state index contributed by atoms with van der Waals surface area (Å²) in [6.45, 7) is 39.9. The van der Waals surface area contributed by atoms with E-state index in [-0.39, 0.29) is 143 Å². The maximum atomic E-state index is 11.8. The Labute approximate surface area is 601 Å². The summed E-state index contributed by atoms with van der Waals surface area (Å²) in [6.07, 6.45) is 5.19. The average molecular weight is 1440 g/mol. The van der Waals surface area contributed by atoms with Crippen LogP contribution in [0.2, 0.25) is 0 Å². The normalized spacial score (nSPS) is 44.3. The van der Waals surface area contributed by atoms with Gasteiger partial charge in [-0.2, -0.15) is 21.0 Å². The van der Waals surface area contributed by atoms with Crippen molar-refractivity contribution in [2.45, 2.75) is 157 Å². The molecule has 0 aromatic rings. The molecule has 0 radical (unpaired) electrons. The zero-order valence-electron chi connectivity index (χ0n) is 57.2. The Hall–Kier alpha value is -11.0. The third-order valence-electron chi connectivity index (χ3n) is 25.4. The van der Waals surface area contributed by atoms with Gasteiger partial charge < -0.3 is 56.8 Å². The molecule has 18 aliphatic rings. The molecular formula is C75H72N6O24. The molecule has 12 bridgehead atoms. The van der Waals surface area contributed by atoms with E-state index in [2.05, 4.69) is 73.4 Å². The Balaban J connectivity index is 0.000000112. The number of ether oxygens (including phenoxy) is 12. The first-order valence-electron chi connectivity index (χ1n) is 34.7. The second-order valence-electron chi connectivity index (χ2n) is 30.4. The van der Waals surface area contributed by atoms with E-state index in [0.29, 0.717) is 42.4 Å². The van der Waals surface area contributed by atoms with Crippen molar-refractivity contribution >= 4 is 71.6 Å². The highest BCUT2D eigenvalue weighted by atomic mass is 16.6. The Morgan fingerprint density at radius 2 is 0.800 bits per heavy atom. The van der Waals surface area contributed by atoms with Crippen molar-refractivity contribution in [2.75, 3.05) is 0 Å². The summed E-state index contributed by atoms with van der Waals surface area (Å²) >= 11 is 0. The van der Waals surface area contributed by atoms with Crippen molar-refractivity contribution in [3.63, 3.8) is 0 Å². The lowest BCUT2D eigenvalue weighted by atomic mass is 9.74. The first-order chi connectivity index (χ1) is 49.9. The van der Waals surface area contributed by atoms with Crippen LogP contribution >= 0.6 is 0 Å².